The van der Waals surface area contributed by atoms with Crippen molar-refractivity contribution in [2.75, 3.05) is 43.5 Å². The summed E-state index contributed by atoms with van der Waals surface area (Å²) in [5, 5.41) is 4.98. The Hall–Kier alpha value is -2.61. The maximum atomic E-state index is 12.5. The summed E-state index contributed by atoms with van der Waals surface area (Å²) >= 11 is 1.33. The Labute approximate surface area is 156 Å². The Morgan fingerprint density at radius 3 is 2.65 bits per heavy atom. The molecule has 0 aliphatic carbocycles. The van der Waals surface area contributed by atoms with Crippen LogP contribution in [0.15, 0.2) is 29.6 Å². The molecule has 1 saturated heterocycles. The molecular formula is C18H22N4O3S. The van der Waals surface area contributed by atoms with E-state index < -0.39 is 0 Å². The van der Waals surface area contributed by atoms with Crippen molar-refractivity contribution >= 4 is 34.0 Å². The van der Waals surface area contributed by atoms with E-state index >= 15 is 0 Å². The van der Waals surface area contributed by atoms with Crippen LogP contribution in [0.25, 0.3) is 0 Å². The molecule has 2 heterocycles. The van der Waals surface area contributed by atoms with Crippen LogP contribution in [-0.2, 0) is 16.0 Å². The number of benzene rings is 1. The number of carbonyl (C=O) groups excluding carboxylic acids is 2. The first-order chi connectivity index (χ1) is 12.6. The van der Waals surface area contributed by atoms with E-state index in [4.69, 9.17) is 4.74 Å². The minimum Gasteiger partial charge on any atom is -0.495 e. The molecule has 0 spiro atoms. The van der Waals surface area contributed by atoms with E-state index in [0.717, 1.165) is 24.5 Å². The van der Waals surface area contributed by atoms with E-state index in [0.29, 0.717) is 23.9 Å². The summed E-state index contributed by atoms with van der Waals surface area (Å²) < 4.78 is 5.42. The molecule has 8 heteroatoms. The van der Waals surface area contributed by atoms with Gasteiger partial charge in [0.2, 0.25) is 11.8 Å². The predicted octanol–water partition coefficient (Wildman–Crippen LogP) is 2.00. The number of rotatable bonds is 5. The zero-order chi connectivity index (χ0) is 18.5. The Morgan fingerprint density at radius 2 is 1.96 bits per heavy atom. The van der Waals surface area contributed by atoms with Gasteiger partial charge in [-0.05, 0) is 12.1 Å². The lowest BCUT2D eigenvalue weighted by Crippen LogP contribution is -2.49. The lowest BCUT2D eigenvalue weighted by molar-refractivity contribution is -0.130. The van der Waals surface area contributed by atoms with Crippen LogP contribution in [0.2, 0.25) is 0 Å². The van der Waals surface area contributed by atoms with Crippen molar-refractivity contribution in [3.8, 4) is 5.75 Å². The standard InChI is InChI=1S/C18H22N4O3S/c1-13(23)19-18-20-14(12-26-18)11-17(24)22-9-7-21(8-10-22)15-5-3-4-6-16(15)25-2/h3-6,12H,7-11H2,1-2H3,(H,19,20,23). The number of nitrogens with one attached hydrogen (secondary N) is 1. The van der Waals surface area contributed by atoms with Crippen LogP contribution < -0.4 is 15.0 Å². The van der Waals surface area contributed by atoms with Gasteiger partial charge < -0.3 is 19.9 Å². The molecule has 138 valence electrons. The number of anilines is 2. The highest BCUT2D eigenvalue weighted by atomic mass is 32.1. The molecule has 3 rings (SSSR count). The quantitative estimate of drug-likeness (QED) is 0.866. The van der Waals surface area contributed by atoms with Crippen LogP contribution >= 0.6 is 11.3 Å². The number of hydrogen-bond acceptors (Lipinski definition) is 6. The van der Waals surface area contributed by atoms with Crippen LogP contribution in [0.1, 0.15) is 12.6 Å². The molecule has 2 aromatic rings. The lowest BCUT2D eigenvalue weighted by Gasteiger charge is -2.36. The van der Waals surface area contributed by atoms with E-state index in [2.05, 4.69) is 15.2 Å². The first-order valence-corrected chi connectivity index (χ1v) is 9.32. The summed E-state index contributed by atoms with van der Waals surface area (Å²) in [6, 6.07) is 7.92. The molecule has 0 atom stereocenters. The van der Waals surface area contributed by atoms with Gasteiger partial charge in [0.25, 0.3) is 0 Å². The van der Waals surface area contributed by atoms with Gasteiger partial charge >= 0.3 is 0 Å². The van der Waals surface area contributed by atoms with Crippen molar-refractivity contribution in [1.82, 2.24) is 9.88 Å². The van der Waals surface area contributed by atoms with Gasteiger partial charge in [-0.2, -0.15) is 0 Å². The van der Waals surface area contributed by atoms with Crippen LogP contribution in [-0.4, -0.2) is 55.0 Å². The van der Waals surface area contributed by atoms with Crippen molar-refractivity contribution in [3.63, 3.8) is 0 Å². The highest BCUT2D eigenvalue weighted by molar-refractivity contribution is 7.13. The van der Waals surface area contributed by atoms with Crippen LogP contribution in [0.3, 0.4) is 0 Å². The molecule has 0 saturated carbocycles. The number of hydrogen-bond donors (Lipinski definition) is 1. The van der Waals surface area contributed by atoms with Gasteiger partial charge in [0.05, 0.1) is 24.9 Å². The average Bonchev–Trinajstić information content (AvgIpc) is 3.07. The zero-order valence-corrected chi connectivity index (χ0v) is 15.7. The first kappa shape index (κ1) is 18.2. The summed E-state index contributed by atoms with van der Waals surface area (Å²) in [6.07, 6.45) is 0.255. The smallest absolute Gasteiger partial charge is 0.228 e. The minimum atomic E-state index is -0.162. The second kappa shape index (κ2) is 8.18. The number of amides is 2. The van der Waals surface area contributed by atoms with E-state index in [-0.39, 0.29) is 18.2 Å². The molecule has 1 aromatic carbocycles. The highest BCUT2D eigenvalue weighted by Gasteiger charge is 2.23. The third kappa shape index (κ3) is 4.32. The average molecular weight is 374 g/mol. The molecule has 1 fully saturated rings. The fraction of sp³-hybridized carbons (Fsp3) is 0.389. The van der Waals surface area contributed by atoms with Crippen LogP contribution in [0.5, 0.6) is 5.75 Å². The number of carbonyl (C=O) groups is 2. The lowest BCUT2D eigenvalue weighted by atomic mass is 10.2. The third-order valence-electron chi connectivity index (χ3n) is 4.23. The Kier molecular flexibility index (Phi) is 5.72. The first-order valence-electron chi connectivity index (χ1n) is 8.44. The van der Waals surface area contributed by atoms with Gasteiger partial charge in [0, 0.05) is 38.5 Å². The SMILES string of the molecule is COc1ccccc1N1CCN(C(=O)Cc2csc(NC(C)=O)n2)CC1. The number of methoxy groups -OCH3 is 1. The van der Waals surface area contributed by atoms with Crippen molar-refractivity contribution < 1.29 is 14.3 Å². The predicted molar refractivity (Wildman–Crippen MR) is 102 cm³/mol. The highest BCUT2D eigenvalue weighted by Crippen LogP contribution is 2.28. The molecule has 0 radical (unpaired) electrons. The Bertz CT molecular complexity index is 784. The number of thiazole rings is 1. The molecule has 0 bridgehead atoms. The number of nitrogens with zero attached hydrogens (tertiary/aromatic N) is 3. The normalized spacial score (nSPS) is 14.2. The second-order valence-corrected chi connectivity index (χ2v) is 6.90. The molecule has 1 aliphatic rings. The summed E-state index contributed by atoms with van der Waals surface area (Å²) in [7, 11) is 1.67. The van der Waals surface area contributed by atoms with E-state index in [9.17, 15) is 9.59 Å². The largest absolute Gasteiger partial charge is 0.495 e. The molecule has 2 amide bonds. The van der Waals surface area contributed by atoms with E-state index in [1.165, 1.54) is 18.3 Å². The van der Waals surface area contributed by atoms with E-state index in [1.807, 2.05) is 34.5 Å². The summed E-state index contributed by atoms with van der Waals surface area (Å²) in [6.45, 7) is 4.30. The molecule has 1 aliphatic heterocycles. The van der Waals surface area contributed by atoms with Gasteiger partial charge in [0.1, 0.15) is 5.75 Å². The maximum Gasteiger partial charge on any atom is 0.228 e. The van der Waals surface area contributed by atoms with Crippen LogP contribution in [0.4, 0.5) is 10.8 Å². The summed E-state index contributed by atoms with van der Waals surface area (Å²) in [4.78, 5) is 32.0. The molecule has 1 aromatic heterocycles. The molecular weight excluding hydrogens is 352 g/mol. The van der Waals surface area contributed by atoms with Gasteiger partial charge in [-0.3, -0.25) is 9.59 Å². The minimum absolute atomic E-state index is 0.0596. The van der Waals surface area contributed by atoms with Gasteiger partial charge in [-0.25, -0.2) is 4.98 Å². The monoisotopic (exact) mass is 374 g/mol. The summed E-state index contributed by atoms with van der Waals surface area (Å²) in [5.74, 6) is 0.745. The topological polar surface area (TPSA) is 74.8 Å². The van der Waals surface area contributed by atoms with Crippen molar-refractivity contribution in [3.05, 3.63) is 35.3 Å². The van der Waals surface area contributed by atoms with Crippen LogP contribution in [0, 0.1) is 0 Å². The fourth-order valence-corrected chi connectivity index (χ4v) is 3.71. The molecule has 1 N–H and O–H groups in total. The van der Waals surface area contributed by atoms with Crippen molar-refractivity contribution in [1.29, 1.82) is 0 Å². The second-order valence-electron chi connectivity index (χ2n) is 6.04. The number of piperazine rings is 1. The van der Waals surface area contributed by atoms with Gasteiger partial charge in [-0.1, -0.05) is 12.1 Å². The fourth-order valence-electron chi connectivity index (χ4n) is 2.95. The van der Waals surface area contributed by atoms with Gasteiger partial charge in [-0.15, -0.1) is 11.3 Å². The molecule has 7 nitrogen and oxygen atoms in total. The Balaban J connectivity index is 1.55. The summed E-state index contributed by atoms with van der Waals surface area (Å²) in [5.41, 5.74) is 1.75. The molecule has 0 unspecified atom stereocenters. The van der Waals surface area contributed by atoms with Crippen molar-refractivity contribution in [2.24, 2.45) is 0 Å². The van der Waals surface area contributed by atoms with Gasteiger partial charge in [0.15, 0.2) is 5.13 Å². The number of ether oxygens (including phenoxy) is 1. The van der Waals surface area contributed by atoms with Crippen molar-refractivity contribution in [2.45, 2.75) is 13.3 Å². The number of para-hydroxylation sites is 2. The maximum absolute atomic E-state index is 12.5. The molecule has 26 heavy (non-hydrogen) atoms. The third-order valence-corrected chi connectivity index (χ3v) is 5.03. The van der Waals surface area contributed by atoms with E-state index in [1.54, 1.807) is 7.11 Å². The number of aromatic nitrogens is 1. The Morgan fingerprint density at radius 1 is 1.23 bits per heavy atom. The zero-order valence-electron chi connectivity index (χ0n) is 14.9.